The number of allylic oxidation sites excluding steroid dienone is 1. The van der Waals surface area contributed by atoms with Gasteiger partial charge in [-0.05, 0) is 55.0 Å². The average molecular weight is 335 g/mol. The zero-order valence-electron chi connectivity index (χ0n) is 12.8. The Morgan fingerprint density at radius 1 is 1.26 bits per heavy atom. The largest absolute Gasteiger partial charge is 0.493 e. The van der Waals surface area contributed by atoms with E-state index in [-0.39, 0.29) is 11.6 Å². The summed E-state index contributed by atoms with van der Waals surface area (Å²) in [6, 6.07) is 8.78. The number of hydrogen-bond acceptors (Lipinski definition) is 3. The van der Waals surface area contributed by atoms with Crippen molar-refractivity contribution >= 4 is 23.5 Å². The summed E-state index contributed by atoms with van der Waals surface area (Å²) in [5.74, 6) is 0.356. The molecule has 2 rings (SSSR count). The van der Waals surface area contributed by atoms with E-state index < -0.39 is 0 Å². The number of ether oxygens (including phenoxy) is 2. The molecule has 0 N–H and O–H groups in total. The summed E-state index contributed by atoms with van der Waals surface area (Å²) in [6.07, 6.45) is 3.02. The first-order chi connectivity index (χ1) is 11.0. The normalized spacial score (nSPS) is 10.8. The number of carbonyl (C=O) groups excluding carboxylic acids is 1. The van der Waals surface area contributed by atoms with Crippen molar-refractivity contribution in [2.75, 3.05) is 13.7 Å². The van der Waals surface area contributed by atoms with E-state index in [0.29, 0.717) is 34.3 Å². The molecule has 0 saturated carbocycles. The van der Waals surface area contributed by atoms with Crippen molar-refractivity contribution in [1.82, 2.24) is 0 Å². The molecule has 0 saturated heterocycles. The van der Waals surface area contributed by atoms with Crippen LogP contribution in [0.25, 0.3) is 6.08 Å². The fraction of sp³-hybridized carbons (Fsp3) is 0.167. The predicted molar refractivity (Wildman–Crippen MR) is 88.9 cm³/mol. The van der Waals surface area contributed by atoms with Crippen molar-refractivity contribution in [1.29, 1.82) is 0 Å². The third kappa shape index (κ3) is 4.33. The van der Waals surface area contributed by atoms with E-state index in [1.54, 1.807) is 18.2 Å². The molecule has 23 heavy (non-hydrogen) atoms. The maximum atomic E-state index is 12.9. The molecule has 3 nitrogen and oxygen atoms in total. The van der Waals surface area contributed by atoms with Crippen molar-refractivity contribution in [3.8, 4) is 11.5 Å². The van der Waals surface area contributed by atoms with E-state index in [4.69, 9.17) is 21.1 Å². The molecule has 0 unspecified atom stereocenters. The van der Waals surface area contributed by atoms with Crippen LogP contribution in [0.15, 0.2) is 42.5 Å². The highest BCUT2D eigenvalue weighted by atomic mass is 35.5. The van der Waals surface area contributed by atoms with Gasteiger partial charge in [0.25, 0.3) is 0 Å². The van der Waals surface area contributed by atoms with Crippen LogP contribution in [0.2, 0.25) is 5.02 Å². The van der Waals surface area contributed by atoms with Crippen LogP contribution in [-0.4, -0.2) is 19.5 Å². The Bertz CT molecular complexity index is 724. The van der Waals surface area contributed by atoms with E-state index in [0.717, 1.165) is 0 Å². The van der Waals surface area contributed by atoms with Crippen LogP contribution in [0.3, 0.4) is 0 Å². The topological polar surface area (TPSA) is 35.5 Å². The van der Waals surface area contributed by atoms with E-state index in [2.05, 4.69) is 0 Å². The molecule has 0 aliphatic rings. The zero-order chi connectivity index (χ0) is 16.8. The van der Waals surface area contributed by atoms with Crippen molar-refractivity contribution in [3.63, 3.8) is 0 Å². The summed E-state index contributed by atoms with van der Waals surface area (Å²) in [5.41, 5.74) is 1.11. The average Bonchev–Trinajstić information content (AvgIpc) is 2.55. The Morgan fingerprint density at radius 3 is 2.57 bits per heavy atom. The zero-order valence-corrected chi connectivity index (χ0v) is 13.6. The first-order valence-electron chi connectivity index (χ1n) is 7.03. The molecule has 5 heteroatoms. The summed E-state index contributed by atoms with van der Waals surface area (Å²) < 4.78 is 23.5. The van der Waals surface area contributed by atoms with Gasteiger partial charge < -0.3 is 9.47 Å². The van der Waals surface area contributed by atoms with Gasteiger partial charge in [0, 0.05) is 5.56 Å². The summed E-state index contributed by atoms with van der Waals surface area (Å²) in [7, 11) is 1.52. The first-order valence-corrected chi connectivity index (χ1v) is 7.41. The quantitative estimate of drug-likeness (QED) is 0.563. The van der Waals surface area contributed by atoms with Crippen molar-refractivity contribution < 1.29 is 18.7 Å². The molecule has 0 amide bonds. The fourth-order valence-electron chi connectivity index (χ4n) is 2.00. The Balaban J connectivity index is 2.23. The van der Waals surface area contributed by atoms with Crippen LogP contribution in [-0.2, 0) is 0 Å². The van der Waals surface area contributed by atoms with E-state index in [1.807, 2.05) is 6.92 Å². The van der Waals surface area contributed by atoms with Crippen LogP contribution in [0, 0.1) is 5.82 Å². The fourth-order valence-corrected chi connectivity index (χ4v) is 2.28. The third-order valence-electron chi connectivity index (χ3n) is 3.10. The van der Waals surface area contributed by atoms with Gasteiger partial charge in [-0.15, -0.1) is 0 Å². The molecule has 0 bridgehead atoms. The molecular formula is C18H16ClFO3. The molecule has 0 fully saturated rings. The molecule has 0 heterocycles. The second kappa shape index (κ2) is 7.79. The Labute approximate surface area is 139 Å². The molecule has 0 atom stereocenters. The minimum absolute atomic E-state index is 0.228. The van der Waals surface area contributed by atoms with Gasteiger partial charge in [0.1, 0.15) is 5.82 Å². The smallest absolute Gasteiger partial charge is 0.185 e. The van der Waals surface area contributed by atoms with Crippen LogP contribution in [0.5, 0.6) is 11.5 Å². The number of halogens is 2. The molecule has 120 valence electrons. The molecule has 0 aliphatic heterocycles. The number of rotatable bonds is 6. The monoisotopic (exact) mass is 334 g/mol. The highest BCUT2D eigenvalue weighted by molar-refractivity contribution is 6.32. The number of ketones is 1. The minimum atomic E-state index is -0.381. The van der Waals surface area contributed by atoms with Crippen molar-refractivity contribution in [2.24, 2.45) is 0 Å². The Hall–Kier alpha value is -2.33. The number of carbonyl (C=O) groups is 1. The lowest BCUT2D eigenvalue weighted by Gasteiger charge is -2.11. The van der Waals surface area contributed by atoms with Gasteiger partial charge in [0.15, 0.2) is 17.3 Å². The van der Waals surface area contributed by atoms with Gasteiger partial charge in [-0.2, -0.15) is 0 Å². The molecule has 0 radical (unpaired) electrons. The predicted octanol–water partition coefficient (Wildman–Crippen LogP) is 4.78. The van der Waals surface area contributed by atoms with Gasteiger partial charge in [-0.3, -0.25) is 4.79 Å². The number of hydrogen-bond donors (Lipinski definition) is 0. The van der Waals surface area contributed by atoms with Gasteiger partial charge in [0.05, 0.1) is 18.7 Å². The van der Waals surface area contributed by atoms with E-state index >= 15 is 0 Å². The van der Waals surface area contributed by atoms with Gasteiger partial charge in [0.2, 0.25) is 0 Å². The van der Waals surface area contributed by atoms with Crippen LogP contribution in [0.1, 0.15) is 22.8 Å². The van der Waals surface area contributed by atoms with Crippen LogP contribution >= 0.6 is 11.6 Å². The summed E-state index contributed by atoms with van der Waals surface area (Å²) in [4.78, 5) is 12.0. The lowest BCUT2D eigenvalue weighted by molar-refractivity contribution is 0.104. The van der Waals surface area contributed by atoms with Crippen LogP contribution < -0.4 is 9.47 Å². The molecule has 2 aromatic carbocycles. The highest BCUT2D eigenvalue weighted by Crippen LogP contribution is 2.36. The summed E-state index contributed by atoms with van der Waals surface area (Å²) in [5, 5.41) is 0.403. The summed E-state index contributed by atoms with van der Waals surface area (Å²) >= 11 is 6.18. The summed E-state index contributed by atoms with van der Waals surface area (Å²) in [6.45, 7) is 2.32. The molecule has 0 spiro atoms. The van der Waals surface area contributed by atoms with Crippen molar-refractivity contribution in [3.05, 3.63) is 64.4 Å². The van der Waals surface area contributed by atoms with Gasteiger partial charge in [-0.1, -0.05) is 17.7 Å². The first kappa shape index (κ1) is 17.0. The van der Waals surface area contributed by atoms with Crippen molar-refractivity contribution in [2.45, 2.75) is 6.92 Å². The van der Waals surface area contributed by atoms with Crippen LogP contribution in [0.4, 0.5) is 4.39 Å². The Kier molecular flexibility index (Phi) is 5.77. The maximum absolute atomic E-state index is 12.9. The second-order valence-electron chi connectivity index (χ2n) is 4.67. The number of benzene rings is 2. The molecule has 2 aromatic rings. The maximum Gasteiger partial charge on any atom is 0.185 e. The molecular weight excluding hydrogens is 319 g/mol. The lowest BCUT2D eigenvalue weighted by atomic mass is 10.1. The third-order valence-corrected chi connectivity index (χ3v) is 3.38. The van der Waals surface area contributed by atoms with E-state index in [9.17, 15) is 9.18 Å². The molecule has 0 aliphatic carbocycles. The standard InChI is InChI=1S/C18H16ClFO3/c1-3-23-18-15(19)10-12(11-17(18)22-2)4-9-16(21)13-5-7-14(20)8-6-13/h4-11H,3H2,1-2H3. The lowest BCUT2D eigenvalue weighted by Crippen LogP contribution is -1.97. The minimum Gasteiger partial charge on any atom is -0.493 e. The highest BCUT2D eigenvalue weighted by Gasteiger charge is 2.11. The second-order valence-corrected chi connectivity index (χ2v) is 5.08. The molecule has 0 aromatic heterocycles. The Morgan fingerprint density at radius 2 is 1.96 bits per heavy atom. The van der Waals surface area contributed by atoms with Gasteiger partial charge in [-0.25, -0.2) is 4.39 Å². The SMILES string of the molecule is CCOc1c(Cl)cc(C=CC(=O)c2ccc(F)cc2)cc1OC. The van der Waals surface area contributed by atoms with E-state index in [1.165, 1.54) is 37.5 Å². The van der Waals surface area contributed by atoms with Gasteiger partial charge >= 0.3 is 0 Å². The number of methoxy groups -OCH3 is 1.